The van der Waals surface area contributed by atoms with Gasteiger partial charge in [-0.15, -0.1) is 5.10 Å². The summed E-state index contributed by atoms with van der Waals surface area (Å²) in [5.74, 6) is -1.87. The Bertz CT molecular complexity index is 794. The number of carboxylic acids is 1. The zero-order valence-electron chi connectivity index (χ0n) is 13.5. The number of carbonyl (C=O) groups is 2. The number of carbonyl (C=O) groups excluding carboxylic acids is 1. The van der Waals surface area contributed by atoms with Crippen molar-refractivity contribution in [2.24, 2.45) is 0 Å². The number of aliphatic carboxylic acids is 1. The molecule has 2 heterocycles. The van der Waals surface area contributed by atoms with Crippen molar-refractivity contribution in [3.8, 4) is 0 Å². The molecule has 1 amide bonds. The molecular weight excluding hydrogens is 331 g/mol. The van der Waals surface area contributed by atoms with Gasteiger partial charge >= 0.3 is 5.97 Å². The first-order chi connectivity index (χ1) is 11.9. The number of ether oxygens (including phenoxy) is 1. The fourth-order valence-electron chi connectivity index (χ4n) is 2.71. The van der Waals surface area contributed by atoms with Gasteiger partial charge in [-0.1, -0.05) is 17.3 Å². The molecule has 1 aliphatic rings. The predicted molar refractivity (Wildman–Crippen MR) is 83.4 cm³/mol. The van der Waals surface area contributed by atoms with Crippen molar-refractivity contribution in [3.63, 3.8) is 0 Å². The number of hydrogen-bond acceptors (Lipinski definition) is 5. The van der Waals surface area contributed by atoms with E-state index in [1.165, 1.54) is 27.9 Å². The Morgan fingerprint density at radius 2 is 2.20 bits per heavy atom. The topological polar surface area (TPSA) is 97.6 Å². The third-order valence-corrected chi connectivity index (χ3v) is 3.81. The van der Waals surface area contributed by atoms with Gasteiger partial charge in [0.1, 0.15) is 5.82 Å². The molecule has 0 bridgehead atoms. The van der Waals surface area contributed by atoms with Crippen molar-refractivity contribution in [2.75, 3.05) is 13.1 Å². The molecule has 0 radical (unpaired) electrons. The van der Waals surface area contributed by atoms with E-state index in [4.69, 9.17) is 9.84 Å². The number of carboxylic acid groups (broad SMARTS) is 1. The lowest BCUT2D eigenvalue weighted by atomic mass is 10.2. The second kappa shape index (κ2) is 6.98. The van der Waals surface area contributed by atoms with Crippen LogP contribution in [0.1, 0.15) is 23.0 Å². The van der Waals surface area contributed by atoms with Gasteiger partial charge in [0.05, 0.1) is 25.4 Å². The van der Waals surface area contributed by atoms with E-state index in [-0.39, 0.29) is 37.2 Å². The third kappa shape index (κ3) is 4.00. The minimum Gasteiger partial charge on any atom is -0.479 e. The maximum absolute atomic E-state index is 13.2. The van der Waals surface area contributed by atoms with Gasteiger partial charge in [-0.05, 0) is 24.6 Å². The second-order valence-corrected chi connectivity index (χ2v) is 5.91. The van der Waals surface area contributed by atoms with E-state index in [1.54, 1.807) is 19.1 Å². The number of amides is 1. The van der Waals surface area contributed by atoms with Crippen molar-refractivity contribution in [1.82, 2.24) is 19.9 Å². The number of halogens is 1. The van der Waals surface area contributed by atoms with Gasteiger partial charge in [0.2, 0.25) is 0 Å². The highest BCUT2D eigenvalue weighted by atomic mass is 19.1. The lowest BCUT2D eigenvalue weighted by Crippen LogP contribution is -2.51. The van der Waals surface area contributed by atoms with Crippen LogP contribution >= 0.6 is 0 Å². The van der Waals surface area contributed by atoms with Crippen LogP contribution in [0.5, 0.6) is 0 Å². The normalized spacial score (nSPS) is 20.5. The minimum absolute atomic E-state index is 0.0464. The molecule has 1 aromatic heterocycles. The summed E-state index contributed by atoms with van der Waals surface area (Å²) in [7, 11) is 0. The summed E-state index contributed by atoms with van der Waals surface area (Å²) in [5.41, 5.74) is 0.796. The summed E-state index contributed by atoms with van der Waals surface area (Å²) in [6.07, 6.45) is 0.0135. The van der Waals surface area contributed by atoms with Crippen LogP contribution in [0.3, 0.4) is 0 Å². The Hall–Kier alpha value is -2.81. The SMILES string of the molecule is C[C@@H]1CN(C(=O)c2cn(Cc3cccc(F)c3)nn2)CC(C(=O)O)O1. The smallest absolute Gasteiger partial charge is 0.334 e. The fraction of sp³-hybridized carbons (Fsp3) is 0.375. The van der Waals surface area contributed by atoms with Crippen LogP contribution in [0.25, 0.3) is 0 Å². The molecule has 3 rings (SSSR count). The first-order valence-corrected chi connectivity index (χ1v) is 7.74. The van der Waals surface area contributed by atoms with Crippen molar-refractivity contribution >= 4 is 11.9 Å². The Morgan fingerprint density at radius 3 is 2.92 bits per heavy atom. The number of hydrogen-bond donors (Lipinski definition) is 1. The first-order valence-electron chi connectivity index (χ1n) is 7.74. The number of morpholine rings is 1. The first kappa shape index (κ1) is 17.0. The fourth-order valence-corrected chi connectivity index (χ4v) is 2.71. The van der Waals surface area contributed by atoms with Crippen LogP contribution in [0.15, 0.2) is 30.5 Å². The molecular formula is C16H17FN4O4. The van der Waals surface area contributed by atoms with Gasteiger partial charge in [0.15, 0.2) is 11.8 Å². The molecule has 1 unspecified atom stereocenters. The molecule has 0 saturated carbocycles. The molecule has 2 aromatic rings. The van der Waals surface area contributed by atoms with Crippen molar-refractivity contribution in [1.29, 1.82) is 0 Å². The van der Waals surface area contributed by atoms with Crippen molar-refractivity contribution < 1.29 is 23.8 Å². The third-order valence-electron chi connectivity index (χ3n) is 3.81. The molecule has 2 atom stereocenters. The van der Waals surface area contributed by atoms with E-state index in [0.29, 0.717) is 5.56 Å². The maximum Gasteiger partial charge on any atom is 0.334 e. The summed E-state index contributed by atoms with van der Waals surface area (Å²) in [6, 6.07) is 6.06. The lowest BCUT2D eigenvalue weighted by molar-refractivity contribution is -0.160. The minimum atomic E-state index is -1.11. The zero-order chi connectivity index (χ0) is 18.0. The van der Waals surface area contributed by atoms with Crippen LogP contribution in [0.2, 0.25) is 0 Å². The van der Waals surface area contributed by atoms with Crippen molar-refractivity contribution in [2.45, 2.75) is 25.7 Å². The molecule has 0 spiro atoms. The van der Waals surface area contributed by atoms with E-state index < -0.39 is 18.0 Å². The monoisotopic (exact) mass is 348 g/mol. The van der Waals surface area contributed by atoms with Gasteiger partial charge in [0.25, 0.3) is 5.91 Å². The highest BCUT2D eigenvalue weighted by molar-refractivity contribution is 5.92. The highest BCUT2D eigenvalue weighted by Gasteiger charge is 2.33. The molecule has 1 saturated heterocycles. The summed E-state index contributed by atoms with van der Waals surface area (Å²) in [5, 5.41) is 16.8. The summed E-state index contributed by atoms with van der Waals surface area (Å²) in [4.78, 5) is 25.0. The number of benzene rings is 1. The standard InChI is InChI=1S/C16H17FN4O4/c1-10-6-20(9-14(25-10)16(23)24)15(22)13-8-21(19-18-13)7-11-3-2-4-12(17)5-11/h2-5,8,10,14H,6-7,9H2,1H3,(H,23,24)/t10-,14?/m1/s1. The van der Waals surface area contributed by atoms with Gasteiger partial charge in [-0.3, -0.25) is 4.79 Å². The van der Waals surface area contributed by atoms with Gasteiger partial charge < -0.3 is 14.7 Å². The summed E-state index contributed by atoms with van der Waals surface area (Å²) < 4.78 is 19.9. The van der Waals surface area contributed by atoms with Crippen LogP contribution in [0, 0.1) is 5.82 Å². The molecule has 1 N–H and O–H groups in total. The average molecular weight is 348 g/mol. The zero-order valence-corrected chi connectivity index (χ0v) is 13.5. The van der Waals surface area contributed by atoms with Gasteiger partial charge in [0, 0.05) is 6.54 Å². The van der Waals surface area contributed by atoms with Gasteiger partial charge in [-0.25, -0.2) is 13.9 Å². The Morgan fingerprint density at radius 1 is 1.40 bits per heavy atom. The molecule has 1 aliphatic heterocycles. The van der Waals surface area contributed by atoms with Crippen LogP contribution in [-0.2, 0) is 16.1 Å². The van der Waals surface area contributed by atoms with Crippen LogP contribution in [-0.4, -0.2) is 62.2 Å². The number of nitrogens with zero attached hydrogens (tertiary/aromatic N) is 4. The maximum atomic E-state index is 13.2. The molecule has 0 aliphatic carbocycles. The highest BCUT2D eigenvalue weighted by Crippen LogP contribution is 2.14. The molecule has 132 valence electrons. The number of aromatic nitrogens is 3. The number of rotatable bonds is 4. The molecule has 9 heteroatoms. The van der Waals surface area contributed by atoms with E-state index in [9.17, 15) is 14.0 Å². The van der Waals surface area contributed by atoms with Crippen molar-refractivity contribution in [3.05, 3.63) is 47.5 Å². The Labute approximate surface area is 142 Å². The molecule has 1 aromatic carbocycles. The van der Waals surface area contributed by atoms with E-state index in [0.717, 1.165) is 0 Å². The van der Waals surface area contributed by atoms with E-state index in [1.807, 2.05) is 0 Å². The average Bonchev–Trinajstić information content (AvgIpc) is 3.02. The largest absolute Gasteiger partial charge is 0.479 e. The van der Waals surface area contributed by atoms with E-state index >= 15 is 0 Å². The lowest BCUT2D eigenvalue weighted by Gasteiger charge is -2.34. The summed E-state index contributed by atoms with van der Waals surface area (Å²) in [6.45, 7) is 2.21. The molecule has 25 heavy (non-hydrogen) atoms. The Kier molecular flexibility index (Phi) is 4.75. The predicted octanol–water partition coefficient (Wildman–Crippen LogP) is 0.780. The van der Waals surface area contributed by atoms with Crippen LogP contribution in [0.4, 0.5) is 4.39 Å². The van der Waals surface area contributed by atoms with Gasteiger partial charge in [-0.2, -0.15) is 0 Å². The summed E-state index contributed by atoms with van der Waals surface area (Å²) >= 11 is 0. The molecule has 1 fully saturated rings. The Balaban J connectivity index is 1.71. The molecule has 8 nitrogen and oxygen atoms in total. The van der Waals surface area contributed by atoms with E-state index in [2.05, 4.69) is 10.3 Å². The quantitative estimate of drug-likeness (QED) is 0.877. The second-order valence-electron chi connectivity index (χ2n) is 5.91. The van der Waals surface area contributed by atoms with Crippen LogP contribution < -0.4 is 0 Å².